The number of anilines is 1. The van der Waals surface area contributed by atoms with Gasteiger partial charge in [-0.2, -0.15) is 0 Å². The molecule has 1 atom stereocenters. The molecule has 114 valence electrons. The van der Waals surface area contributed by atoms with E-state index in [2.05, 4.69) is 10.3 Å². The maximum absolute atomic E-state index is 9.36. The lowest BCUT2D eigenvalue weighted by molar-refractivity contribution is 0.281. The second kappa shape index (κ2) is 5.99. The molecule has 3 rings (SSSR count). The molecule has 0 amide bonds. The van der Waals surface area contributed by atoms with Crippen molar-refractivity contribution in [3.05, 3.63) is 41.4 Å². The molecular formula is C17H17ClN2O2. The molecule has 5 heteroatoms. The van der Waals surface area contributed by atoms with Gasteiger partial charge in [0.25, 0.3) is 0 Å². The summed E-state index contributed by atoms with van der Waals surface area (Å²) in [6, 6.07) is 11.3. The normalized spacial score (nSPS) is 12.5. The van der Waals surface area contributed by atoms with E-state index in [9.17, 15) is 5.11 Å². The van der Waals surface area contributed by atoms with Gasteiger partial charge in [-0.1, -0.05) is 11.6 Å². The van der Waals surface area contributed by atoms with Gasteiger partial charge in [-0.15, -0.1) is 0 Å². The summed E-state index contributed by atoms with van der Waals surface area (Å²) in [4.78, 5) is 4.67. The molecule has 0 unspecified atom stereocenters. The molecule has 0 aliphatic rings. The Labute approximate surface area is 133 Å². The zero-order chi connectivity index (χ0) is 15.7. The van der Waals surface area contributed by atoms with E-state index in [0.29, 0.717) is 5.02 Å². The van der Waals surface area contributed by atoms with Crippen LogP contribution in [0.5, 0.6) is 5.75 Å². The molecular weight excluding hydrogens is 300 g/mol. The number of aliphatic hydroxyl groups is 1. The number of halogens is 1. The van der Waals surface area contributed by atoms with Crippen LogP contribution >= 0.6 is 11.6 Å². The summed E-state index contributed by atoms with van der Waals surface area (Å²) >= 11 is 6.08. The average Bonchev–Trinajstić information content (AvgIpc) is 2.53. The van der Waals surface area contributed by atoms with Crippen molar-refractivity contribution in [2.24, 2.45) is 0 Å². The van der Waals surface area contributed by atoms with E-state index >= 15 is 0 Å². The van der Waals surface area contributed by atoms with E-state index in [4.69, 9.17) is 16.3 Å². The number of fused-ring (bicyclic) bond motifs is 2. The molecule has 2 N–H and O–H groups in total. The third-order valence-corrected chi connectivity index (χ3v) is 3.84. The van der Waals surface area contributed by atoms with Crippen molar-refractivity contribution in [3.8, 4) is 5.75 Å². The summed E-state index contributed by atoms with van der Waals surface area (Å²) < 4.78 is 5.31. The Morgan fingerprint density at radius 3 is 2.73 bits per heavy atom. The highest BCUT2D eigenvalue weighted by Crippen LogP contribution is 2.34. The van der Waals surface area contributed by atoms with Gasteiger partial charge >= 0.3 is 0 Å². The number of pyridine rings is 1. The molecule has 22 heavy (non-hydrogen) atoms. The third kappa shape index (κ3) is 2.67. The Hall–Kier alpha value is -2.04. The Morgan fingerprint density at radius 2 is 2.00 bits per heavy atom. The predicted octanol–water partition coefficient (Wildman–Crippen LogP) is 3.84. The molecule has 0 bridgehead atoms. The SMILES string of the molecule is COc1ccc2nc3cc(Cl)ccc3c(N[C@H](C)CO)c2c1. The van der Waals surface area contributed by atoms with Gasteiger partial charge in [-0.3, -0.25) is 0 Å². The molecule has 4 nitrogen and oxygen atoms in total. The number of benzene rings is 2. The number of nitrogens with one attached hydrogen (secondary N) is 1. The highest BCUT2D eigenvalue weighted by atomic mass is 35.5. The van der Waals surface area contributed by atoms with Crippen LogP contribution in [0.25, 0.3) is 21.8 Å². The van der Waals surface area contributed by atoms with Crippen LogP contribution in [0.4, 0.5) is 5.69 Å². The molecule has 0 aliphatic carbocycles. The van der Waals surface area contributed by atoms with Gasteiger partial charge in [0.1, 0.15) is 5.75 Å². The fourth-order valence-electron chi connectivity index (χ4n) is 2.47. The Morgan fingerprint density at radius 1 is 1.18 bits per heavy atom. The zero-order valence-corrected chi connectivity index (χ0v) is 13.2. The fourth-order valence-corrected chi connectivity index (χ4v) is 2.64. The average molecular weight is 317 g/mol. The Balaban J connectivity index is 2.34. The Bertz CT molecular complexity index is 836. The van der Waals surface area contributed by atoms with E-state index in [1.165, 1.54) is 0 Å². The standard InChI is InChI=1S/C17H17ClN2O2/c1-10(9-21)19-17-13-5-3-11(18)7-16(13)20-15-6-4-12(22-2)8-14(15)17/h3-8,10,21H,9H2,1-2H3,(H,19,20)/t10-/m1/s1. The molecule has 0 saturated carbocycles. The number of aromatic nitrogens is 1. The molecule has 0 radical (unpaired) electrons. The third-order valence-electron chi connectivity index (χ3n) is 3.61. The number of ether oxygens (including phenoxy) is 1. The highest BCUT2D eigenvalue weighted by Gasteiger charge is 2.12. The molecule has 1 aromatic heterocycles. The van der Waals surface area contributed by atoms with Gasteiger partial charge in [0.05, 0.1) is 30.4 Å². The number of hydrogen-bond acceptors (Lipinski definition) is 4. The van der Waals surface area contributed by atoms with Crippen molar-refractivity contribution in [3.63, 3.8) is 0 Å². The smallest absolute Gasteiger partial charge is 0.119 e. The molecule has 1 heterocycles. The fraction of sp³-hybridized carbons (Fsp3) is 0.235. The predicted molar refractivity (Wildman–Crippen MR) is 91.0 cm³/mol. The minimum absolute atomic E-state index is 0.0445. The first-order valence-corrected chi connectivity index (χ1v) is 7.44. The second-order valence-corrected chi connectivity index (χ2v) is 5.70. The van der Waals surface area contributed by atoms with Crippen molar-refractivity contribution in [1.82, 2.24) is 4.98 Å². The first kappa shape index (κ1) is 14.9. The van der Waals surface area contributed by atoms with Gasteiger partial charge in [0, 0.05) is 21.8 Å². The van der Waals surface area contributed by atoms with Crippen molar-refractivity contribution < 1.29 is 9.84 Å². The molecule has 0 fully saturated rings. The van der Waals surface area contributed by atoms with Crippen molar-refractivity contribution >= 4 is 39.1 Å². The summed E-state index contributed by atoms with van der Waals surface area (Å²) in [5.74, 6) is 0.766. The highest BCUT2D eigenvalue weighted by molar-refractivity contribution is 6.31. The first-order valence-electron chi connectivity index (χ1n) is 7.07. The van der Waals surface area contributed by atoms with Gasteiger partial charge in [0.15, 0.2) is 0 Å². The van der Waals surface area contributed by atoms with E-state index in [1.54, 1.807) is 7.11 Å². The van der Waals surface area contributed by atoms with E-state index in [1.807, 2.05) is 43.3 Å². The van der Waals surface area contributed by atoms with Gasteiger partial charge < -0.3 is 15.2 Å². The minimum atomic E-state index is -0.0734. The number of aliphatic hydroxyl groups excluding tert-OH is 1. The Kier molecular flexibility index (Phi) is 4.05. The van der Waals surface area contributed by atoms with Gasteiger partial charge in [-0.05, 0) is 43.3 Å². The largest absolute Gasteiger partial charge is 0.497 e. The number of hydrogen-bond donors (Lipinski definition) is 2. The van der Waals surface area contributed by atoms with Crippen LogP contribution in [0.1, 0.15) is 6.92 Å². The van der Waals surface area contributed by atoms with Crippen LogP contribution < -0.4 is 10.1 Å². The topological polar surface area (TPSA) is 54.4 Å². The minimum Gasteiger partial charge on any atom is -0.497 e. The molecule has 0 spiro atoms. The zero-order valence-electron chi connectivity index (χ0n) is 12.4. The monoisotopic (exact) mass is 316 g/mol. The lowest BCUT2D eigenvalue weighted by Crippen LogP contribution is -2.19. The summed E-state index contributed by atoms with van der Waals surface area (Å²) in [6.45, 7) is 1.97. The van der Waals surface area contributed by atoms with Gasteiger partial charge in [-0.25, -0.2) is 4.98 Å². The molecule has 3 aromatic rings. The maximum atomic E-state index is 9.36. The van der Waals surface area contributed by atoms with Crippen molar-refractivity contribution in [2.75, 3.05) is 19.0 Å². The van der Waals surface area contributed by atoms with Crippen molar-refractivity contribution in [1.29, 1.82) is 0 Å². The maximum Gasteiger partial charge on any atom is 0.119 e. The van der Waals surface area contributed by atoms with Crippen LogP contribution in [0.3, 0.4) is 0 Å². The van der Waals surface area contributed by atoms with Crippen LogP contribution in [0.15, 0.2) is 36.4 Å². The van der Waals surface area contributed by atoms with E-state index in [-0.39, 0.29) is 12.6 Å². The quantitative estimate of drug-likeness (QED) is 0.718. The van der Waals surface area contributed by atoms with Crippen LogP contribution in [0.2, 0.25) is 5.02 Å². The number of rotatable bonds is 4. The van der Waals surface area contributed by atoms with Crippen LogP contribution in [0, 0.1) is 0 Å². The summed E-state index contributed by atoms with van der Waals surface area (Å²) in [5, 5.41) is 15.3. The molecule has 0 aliphatic heterocycles. The van der Waals surface area contributed by atoms with Crippen molar-refractivity contribution in [2.45, 2.75) is 13.0 Å². The van der Waals surface area contributed by atoms with Crippen LogP contribution in [-0.2, 0) is 0 Å². The lowest BCUT2D eigenvalue weighted by atomic mass is 10.1. The lowest BCUT2D eigenvalue weighted by Gasteiger charge is -2.17. The second-order valence-electron chi connectivity index (χ2n) is 5.26. The summed E-state index contributed by atoms with van der Waals surface area (Å²) in [7, 11) is 1.64. The first-order chi connectivity index (χ1) is 10.6. The number of methoxy groups -OCH3 is 1. The number of nitrogens with zero attached hydrogens (tertiary/aromatic N) is 1. The molecule has 2 aromatic carbocycles. The summed E-state index contributed by atoms with van der Waals surface area (Å²) in [6.07, 6.45) is 0. The molecule has 0 saturated heterocycles. The van der Waals surface area contributed by atoms with Gasteiger partial charge in [0.2, 0.25) is 0 Å². The van der Waals surface area contributed by atoms with Crippen LogP contribution in [-0.4, -0.2) is 29.8 Å². The van der Waals surface area contributed by atoms with E-state index in [0.717, 1.165) is 33.2 Å². The van der Waals surface area contributed by atoms with E-state index < -0.39 is 0 Å². The summed E-state index contributed by atoms with van der Waals surface area (Å²) in [5.41, 5.74) is 2.60.